The molecule has 0 heterocycles. The zero-order valence-corrected chi connectivity index (χ0v) is 24.1. The van der Waals surface area contributed by atoms with Gasteiger partial charge in [0, 0.05) is 23.7 Å². The third kappa shape index (κ3) is 3.69. The predicted octanol–water partition coefficient (Wildman–Crippen LogP) is 9.81. The van der Waals surface area contributed by atoms with E-state index < -0.39 is 0 Å². The molecule has 0 atom stereocenters. The fourth-order valence-electron chi connectivity index (χ4n) is 7.10. The van der Waals surface area contributed by atoms with Crippen molar-refractivity contribution in [2.75, 3.05) is 7.05 Å². The maximum Gasteiger partial charge on any atom is 0.252 e. The van der Waals surface area contributed by atoms with E-state index in [9.17, 15) is 9.59 Å². The molecule has 1 aliphatic rings. The first-order chi connectivity index (χ1) is 21.7. The van der Waals surface area contributed by atoms with Crippen LogP contribution in [0.3, 0.4) is 0 Å². The standard InChI is InChI=1S/C41H27NO2/c1-42-41(44)40-34(24-43)35(26-13-4-2-5-14-26)38-33-23-22-30(29-19-10-17-25-12-8-9-18-28(25)29)31-20-11-21-32(37(31)33)39(38)36(40)27-15-6-3-7-16-27/h2-24H,1H3,(H,42,44). The van der Waals surface area contributed by atoms with Crippen molar-refractivity contribution in [3.63, 3.8) is 0 Å². The maximum absolute atomic E-state index is 13.8. The van der Waals surface area contributed by atoms with Crippen LogP contribution in [0.1, 0.15) is 20.7 Å². The van der Waals surface area contributed by atoms with Crippen molar-refractivity contribution in [3.8, 4) is 55.6 Å². The Labute approximate surface area is 255 Å². The van der Waals surface area contributed by atoms with Crippen molar-refractivity contribution >= 4 is 33.7 Å². The van der Waals surface area contributed by atoms with Crippen molar-refractivity contribution in [1.29, 1.82) is 0 Å². The molecule has 1 N–H and O–H groups in total. The second-order valence-electron chi connectivity index (χ2n) is 11.1. The molecule has 0 aromatic heterocycles. The Morgan fingerprint density at radius 2 is 1.05 bits per heavy atom. The first-order valence-electron chi connectivity index (χ1n) is 14.8. The monoisotopic (exact) mass is 565 g/mol. The highest BCUT2D eigenvalue weighted by Crippen LogP contribution is 2.57. The van der Waals surface area contributed by atoms with E-state index in [1.807, 2.05) is 60.7 Å². The highest BCUT2D eigenvalue weighted by molar-refractivity contribution is 6.28. The molecule has 1 aliphatic carbocycles. The second-order valence-corrected chi connectivity index (χ2v) is 11.1. The van der Waals surface area contributed by atoms with Gasteiger partial charge in [0.05, 0.1) is 5.56 Å². The number of benzene rings is 7. The SMILES string of the molecule is CNC(=O)c1c(C=O)c(-c2ccccc2)c2c(c1-c1ccccc1)-c1cccc3c(-c4cccc5ccccc45)ccc-2c13. The zero-order valence-electron chi connectivity index (χ0n) is 24.1. The number of carbonyl (C=O) groups is 2. The minimum Gasteiger partial charge on any atom is -0.355 e. The molecular formula is C41H27NO2. The molecule has 0 saturated carbocycles. The summed E-state index contributed by atoms with van der Waals surface area (Å²) in [4.78, 5) is 26.9. The van der Waals surface area contributed by atoms with Gasteiger partial charge in [-0.05, 0) is 66.1 Å². The lowest BCUT2D eigenvalue weighted by Crippen LogP contribution is -2.22. The van der Waals surface area contributed by atoms with E-state index in [4.69, 9.17) is 0 Å². The van der Waals surface area contributed by atoms with Crippen LogP contribution in [-0.4, -0.2) is 19.2 Å². The molecule has 208 valence electrons. The van der Waals surface area contributed by atoms with Crippen LogP contribution in [-0.2, 0) is 0 Å². The minimum atomic E-state index is -0.287. The van der Waals surface area contributed by atoms with Gasteiger partial charge in [0.1, 0.15) is 0 Å². The molecule has 7 aromatic carbocycles. The lowest BCUT2D eigenvalue weighted by Gasteiger charge is -2.22. The van der Waals surface area contributed by atoms with Gasteiger partial charge in [0.2, 0.25) is 0 Å². The predicted molar refractivity (Wildman–Crippen MR) is 181 cm³/mol. The molecular weight excluding hydrogens is 538 g/mol. The molecule has 0 saturated heterocycles. The van der Waals surface area contributed by atoms with E-state index in [-0.39, 0.29) is 5.91 Å². The number of carbonyl (C=O) groups excluding carboxylic acids is 2. The number of aldehydes is 1. The van der Waals surface area contributed by atoms with Gasteiger partial charge in [-0.2, -0.15) is 0 Å². The smallest absolute Gasteiger partial charge is 0.252 e. The zero-order chi connectivity index (χ0) is 29.8. The third-order valence-electron chi connectivity index (χ3n) is 8.89. The lowest BCUT2D eigenvalue weighted by molar-refractivity contribution is 0.0958. The van der Waals surface area contributed by atoms with E-state index in [2.05, 4.69) is 78.1 Å². The Bertz CT molecular complexity index is 2280. The van der Waals surface area contributed by atoms with E-state index in [1.165, 1.54) is 16.3 Å². The van der Waals surface area contributed by atoms with Gasteiger partial charge in [-0.25, -0.2) is 0 Å². The molecule has 7 aromatic rings. The molecule has 3 heteroatoms. The molecule has 0 bridgehead atoms. The topological polar surface area (TPSA) is 46.2 Å². The second kappa shape index (κ2) is 10.2. The third-order valence-corrected chi connectivity index (χ3v) is 8.89. The van der Waals surface area contributed by atoms with Crippen molar-refractivity contribution in [3.05, 3.63) is 145 Å². The summed E-state index contributed by atoms with van der Waals surface area (Å²) in [6.45, 7) is 0. The van der Waals surface area contributed by atoms with Crippen molar-refractivity contribution in [2.24, 2.45) is 0 Å². The molecule has 0 fully saturated rings. The number of amides is 1. The average Bonchev–Trinajstić information content (AvgIpc) is 3.42. The molecule has 8 rings (SSSR count). The Morgan fingerprint density at radius 1 is 0.523 bits per heavy atom. The summed E-state index contributed by atoms with van der Waals surface area (Å²) in [6, 6.07) is 45.7. The van der Waals surface area contributed by atoms with Crippen LogP contribution in [0.25, 0.3) is 77.2 Å². The normalized spacial score (nSPS) is 11.5. The number of hydrogen-bond donors (Lipinski definition) is 1. The van der Waals surface area contributed by atoms with Crippen molar-refractivity contribution in [1.82, 2.24) is 5.32 Å². The number of rotatable bonds is 5. The number of hydrogen-bond acceptors (Lipinski definition) is 2. The van der Waals surface area contributed by atoms with Crippen LogP contribution in [0.4, 0.5) is 0 Å². The summed E-state index contributed by atoms with van der Waals surface area (Å²) in [5.41, 5.74) is 10.6. The van der Waals surface area contributed by atoms with Gasteiger partial charge in [-0.3, -0.25) is 9.59 Å². The highest BCUT2D eigenvalue weighted by atomic mass is 16.1. The Balaban J connectivity index is 1.56. The van der Waals surface area contributed by atoms with Crippen LogP contribution in [0.2, 0.25) is 0 Å². The van der Waals surface area contributed by atoms with Crippen LogP contribution in [0.15, 0.2) is 133 Å². The van der Waals surface area contributed by atoms with Gasteiger partial charge < -0.3 is 5.32 Å². The highest BCUT2D eigenvalue weighted by Gasteiger charge is 2.34. The summed E-state index contributed by atoms with van der Waals surface area (Å²) >= 11 is 0. The average molecular weight is 566 g/mol. The summed E-state index contributed by atoms with van der Waals surface area (Å²) in [7, 11) is 1.62. The maximum atomic E-state index is 13.8. The Hall–Kier alpha value is -5.80. The molecule has 1 amide bonds. The van der Waals surface area contributed by atoms with Gasteiger partial charge in [0.25, 0.3) is 5.91 Å². The van der Waals surface area contributed by atoms with Gasteiger partial charge >= 0.3 is 0 Å². The largest absolute Gasteiger partial charge is 0.355 e. The Morgan fingerprint density at radius 3 is 1.77 bits per heavy atom. The Kier molecular flexibility index (Phi) is 5.99. The number of nitrogens with one attached hydrogen (secondary N) is 1. The van der Waals surface area contributed by atoms with E-state index in [0.29, 0.717) is 11.1 Å². The van der Waals surface area contributed by atoms with Crippen LogP contribution < -0.4 is 5.32 Å². The first kappa shape index (κ1) is 25.9. The molecule has 0 spiro atoms. The summed E-state index contributed by atoms with van der Waals surface area (Å²) in [5.74, 6) is -0.287. The van der Waals surface area contributed by atoms with Crippen LogP contribution in [0.5, 0.6) is 0 Å². The minimum absolute atomic E-state index is 0.287. The lowest BCUT2D eigenvalue weighted by atomic mass is 9.80. The molecule has 44 heavy (non-hydrogen) atoms. The molecule has 0 aliphatic heterocycles. The van der Waals surface area contributed by atoms with Gasteiger partial charge in [0.15, 0.2) is 6.29 Å². The van der Waals surface area contributed by atoms with E-state index in [0.717, 1.165) is 67.1 Å². The molecule has 0 unspecified atom stereocenters. The van der Waals surface area contributed by atoms with E-state index in [1.54, 1.807) is 7.05 Å². The van der Waals surface area contributed by atoms with Gasteiger partial charge in [-0.1, -0.05) is 133 Å². The molecule has 3 nitrogen and oxygen atoms in total. The fraction of sp³-hybridized carbons (Fsp3) is 0.0244. The summed E-state index contributed by atoms with van der Waals surface area (Å²) in [6.07, 6.45) is 0.851. The van der Waals surface area contributed by atoms with E-state index >= 15 is 0 Å². The number of fused-ring (bicyclic) bond motifs is 4. The summed E-state index contributed by atoms with van der Waals surface area (Å²) < 4.78 is 0. The van der Waals surface area contributed by atoms with Crippen LogP contribution >= 0.6 is 0 Å². The first-order valence-corrected chi connectivity index (χ1v) is 14.8. The van der Waals surface area contributed by atoms with Crippen LogP contribution in [0, 0.1) is 0 Å². The summed E-state index contributed by atoms with van der Waals surface area (Å²) in [5, 5.41) is 7.50. The fourth-order valence-corrected chi connectivity index (χ4v) is 7.10. The quantitative estimate of drug-likeness (QED) is 0.211. The van der Waals surface area contributed by atoms with Crippen molar-refractivity contribution in [2.45, 2.75) is 0 Å². The molecule has 0 radical (unpaired) electrons. The van der Waals surface area contributed by atoms with Gasteiger partial charge in [-0.15, -0.1) is 0 Å². The van der Waals surface area contributed by atoms with Crippen molar-refractivity contribution < 1.29 is 9.59 Å².